The van der Waals surface area contributed by atoms with E-state index in [1.54, 1.807) is 4.90 Å². The summed E-state index contributed by atoms with van der Waals surface area (Å²) in [5.74, 6) is 0.786. The maximum absolute atomic E-state index is 13.2. The van der Waals surface area contributed by atoms with Crippen LogP contribution in [0.1, 0.15) is 15.9 Å². The Morgan fingerprint density at radius 2 is 1.55 bits per heavy atom. The molecule has 1 aromatic heterocycles. The van der Waals surface area contributed by atoms with Gasteiger partial charge in [0.2, 0.25) is 0 Å². The summed E-state index contributed by atoms with van der Waals surface area (Å²) in [5, 5.41) is 3.39. The van der Waals surface area contributed by atoms with Crippen LogP contribution in [0.3, 0.4) is 0 Å². The molecule has 0 atom stereocenters. The van der Waals surface area contributed by atoms with Gasteiger partial charge >= 0.3 is 0 Å². The molecular weight excluding hydrogens is 408 g/mol. The van der Waals surface area contributed by atoms with Crippen LogP contribution in [0.15, 0.2) is 103 Å². The Kier molecular flexibility index (Phi) is 5.60. The van der Waals surface area contributed by atoms with E-state index in [2.05, 4.69) is 15.3 Å². The van der Waals surface area contributed by atoms with E-state index in [-0.39, 0.29) is 5.91 Å². The van der Waals surface area contributed by atoms with Gasteiger partial charge in [0.1, 0.15) is 5.82 Å². The van der Waals surface area contributed by atoms with Crippen molar-refractivity contribution < 1.29 is 4.79 Å². The number of aromatic amines is 1. The van der Waals surface area contributed by atoms with Gasteiger partial charge < -0.3 is 10.3 Å². The summed E-state index contributed by atoms with van der Waals surface area (Å²) in [4.78, 5) is 23.0. The Bertz CT molecular complexity index is 1340. The second kappa shape index (κ2) is 9.01. The molecular formula is C28H24N4O. The number of carbonyl (C=O) groups excluding carboxylic acids is 1. The Balaban J connectivity index is 1.35. The number of para-hydroxylation sites is 2. The SMILES string of the molecule is Cc1ccc(N(CNc2ccc(-c3nc4ccccc4[nH]3)cc2)C(=O)c2ccccc2)cc1. The second-order valence-electron chi connectivity index (χ2n) is 7.95. The lowest BCUT2D eigenvalue weighted by atomic mass is 10.1. The largest absolute Gasteiger partial charge is 0.367 e. The third-order valence-electron chi connectivity index (χ3n) is 5.60. The molecule has 0 aliphatic rings. The van der Waals surface area contributed by atoms with Gasteiger partial charge in [0.05, 0.1) is 17.7 Å². The van der Waals surface area contributed by atoms with Gasteiger partial charge in [-0.2, -0.15) is 0 Å². The number of fused-ring (bicyclic) bond motifs is 1. The average Bonchev–Trinajstić information content (AvgIpc) is 3.30. The maximum atomic E-state index is 13.2. The molecule has 0 bridgehead atoms. The molecule has 0 radical (unpaired) electrons. The molecule has 33 heavy (non-hydrogen) atoms. The van der Waals surface area contributed by atoms with Gasteiger partial charge in [-0.05, 0) is 67.6 Å². The summed E-state index contributed by atoms with van der Waals surface area (Å²) < 4.78 is 0. The molecule has 0 unspecified atom stereocenters. The number of imidazole rings is 1. The van der Waals surface area contributed by atoms with Gasteiger partial charge in [0.15, 0.2) is 0 Å². The highest BCUT2D eigenvalue weighted by Gasteiger charge is 2.17. The second-order valence-corrected chi connectivity index (χ2v) is 7.95. The number of rotatable bonds is 6. The Morgan fingerprint density at radius 3 is 2.27 bits per heavy atom. The minimum absolute atomic E-state index is 0.0501. The van der Waals surface area contributed by atoms with Gasteiger partial charge in [-0.3, -0.25) is 9.69 Å². The fourth-order valence-electron chi connectivity index (χ4n) is 3.75. The fraction of sp³-hybridized carbons (Fsp3) is 0.0714. The molecule has 1 heterocycles. The number of amides is 1. The van der Waals surface area contributed by atoms with E-state index >= 15 is 0 Å². The summed E-state index contributed by atoms with van der Waals surface area (Å²) in [6.45, 7) is 2.38. The van der Waals surface area contributed by atoms with Crippen LogP contribution in [0.25, 0.3) is 22.4 Å². The summed E-state index contributed by atoms with van der Waals surface area (Å²) in [5.41, 5.74) is 6.55. The number of hydrogen-bond donors (Lipinski definition) is 2. The zero-order chi connectivity index (χ0) is 22.6. The molecule has 5 heteroatoms. The van der Waals surface area contributed by atoms with Gasteiger partial charge in [-0.25, -0.2) is 4.98 Å². The normalized spacial score (nSPS) is 10.8. The molecule has 5 rings (SSSR count). The van der Waals surface area contributed by atoms with E-state index in [1.807, 2.05) is 110 Å². The van der Waals surface area contributed by atoms with Crippen LogP contribution in [0, 0.1) is 6.92 Å². The van der Waals surface area contributed by atoms with Crippen LogP contribution in [-0.4, -0.2) is 22.5 Å². The predicted octanol–water partition coefficient (Wildman–Crippen LogP) is 6.25. The van der Waals surface area contributed by atoms with Crippen molar-refractivity contribution in [1.82, 2.24) is 9.97 Å². The molecule has 162 valence electrons. The summed E-state index contributed by atoms with van der Waals surface area (Å²) >= 11 is 0. The highest BCUT2D eigenvalue weighted by atomic mass is 16.2. The zero-order valence-corrected chi connectivity index (χ0v) is 18.3. The Labute approximate surface area is 192 Å². The number of anilines is 2. The lowest BCUT2D eigenvalue weighted by Crippen LogP contribution is -2.35. The number of hydrogen-bond acceptors (Lipinski definition) is 3. The first-order valence-corrected chi connectivity index (χ1v) is 10.9. The van der Waals surface area contributed by atoms with E-state index in [4.69, 9.17) is 0 Å². The van der Waals surface area contributed by atoms with Gasteiger partial charge in [-0.1, -0.05) is 48.0 Å². The standard InChI is InChI=1S/C28H24N4O/c1-20-11-17-24(18-12-20)32(28(33)22-7-3-2-4-8-22)19-29-23-15-13-21(14-16-23)27-30-25-9-5-6-10-26(25)31-27/h2-18,29H,19H2,1H3,(H,30,31). The van der Waals surface area contributed by atoms with Crippen molar-refractivity contribution in [2.24, 2.45) is 0 Å². The smallest absolute Gasteiger partial charge is 0.259 e. The van der Waals surface area contributed by atoms with E-state index in [9.17, 15) is 4.79 Å². The molecule has 4 aromatic carbocycles. The van der Waals surface area contributed by atoms with Crippen molar-refractivity contribution in [3.8, 4) is 11.4 Å². The van der Waals surface area contributed by atoms with E-state index in [1.165, 1.54) is 0 Å². The minimum Gasteiger partial charge on any atom is -0.367 e. The number of aromatic nitrogens is 2. The van der Waals surface area contributed by atoms with Crippen molar-refractivity contribution in [3.05, 3.63) is 114 Å². The molecule has 0 aliphatic carbocycles. The first-order valence-electron chi connectivity index (χ1n) is 10.9. The summed E-state index contributed by atoms with van der Waals surface area (Å²) in [7, 11) is 0. The van der Waals surface area contributed by atoms with Crippen molar-refractivity contribution >= 4 is 28.3 Å². The monoisotopic (exact) mass is 432 g/mol. The van der Waals surface area contributed by atoms with Crippen LogP contribution in [0.4, 0.5) is 11.4 Å². The number of carbonyl (C=O) groups is 1. The number of aryl methyl sites for hydroxylation is 1. The summed E-state index contributed by atoms with van der Waals surface area (Å²) in [6, 6.07) is 33.4. The average molecular weight is 433 g/mol. The summed E-state index contributed by atoms with van der Waals surface area (Å²) in [6.07, 6.45) is 0. The van der Waals surface area contributed by atoms with Crippen molar-refractivity contribution in [2.75, 3.05) is 16.9 Å². The molecule has 0 fully saturated rings. The van der Waals surface area contributed by atoms with Gasteiger partial charge in [0.25, 0.3) is 5.91 Å². The molecule has 5 aromatic rings. The topological polar surface area (TPSA) is 61.0 Å². The third-order valence-corrected chi connectivity index (χ3v) is 5.60. The molecule has 1 amide bonds. The lowest BCUT2D eigenvalue weighted by molar-refractivity contribution is 0.0988. The number of nitrogens with zero attached hydrogens (tertiary/aromatic N) is 2. The van der Waals surface area contributed by atoms with Crippen LogP contribution in [-0.2, 0) is 0 Å². The highest BCUT2D eigenvalue weighted by Crippen LogP contribution is 2.23. The van der Waals surface area contributed by atoms with Crippen molar-refractivity contribution in [2.45, 2.75) is 6.92 Å². The first-order chi connectivity index (χ1) is 16.2. The predicted molar refractivity (Wildman–Crippen MR) is 134 cm³/mol. The quantitative estimate of drug-likeness (QED) is 0.312. The maximum Gasteiger partial charge on any atom is 0.259 e. The van der Waals surface area contributed by atoms with Crippen molar-refractivity contribution in [3.63, 3.8) is 0 Å². The van der Waals surface area contributed by atoms with Crippen molar-refractivity contribution in [1.29, 1.82) is 0 Å². The van der Waals surface area contributed by atoms with Crippen LogP contribution in [0.2, 0.25) is 0 Å². The number of benzene rings is 4. The van der Waals surface area contributed by atoms with Crippen LogP contribution in [0.5, 0.6) is 0 Å². The van der Waals surface area contributed by atoms with Gasteiger partial charge in [0, 0.05) is 22.5 Å². The fourth-order valence-corrected chi connectivity index (χ4v) is 3.75. The molecule has 0 aliphatic heterocycles. The molecule has 5 nitrogen and oxygen atoms in total. The molecule has 2 N–H and O–H groups in total. The van der Waals surface area contributed by atoms with E-state index < -0.39 is 0 Å². The number of H-pyrrole nitrogens is 1. The van der Waals surface area contributed by atoms with Crippen LogP contribution < -0.4 is 10.2 Å². The molecule has 0 spiro atoms. The number of nitrogens with one attached hydrogen (secondary N) is 2. The van der Waals surface area contributed by atoms with Crippen LogP contribution >= 0.6 is 0 Å². The lowest BCUT2D eigenvalue weighted by Gasteiger charge is -2.24. The van der Waals surface area contributed by atoms with E-state index in [0.29, 0.717) is 12.2 Å². The van der Waals surface area contributed by atoms with E-state index in [0.717, 1.165) is 39.4 Å². The molecule has 0 saturated carbocycles. The minimum atomic E-state index is -0.0501. The van der Waals surface area contributed by atoms with Gasteiger partial charge in [-0.15, -0.1) is 0 Å². The Morgan fingerprint density at radius 1 is 0.848 bits per heavy atom. The third kappa shape index (κ3) is 4.48. The molecule has 0 saturated heterocycles. The Hall–Kier alpha value is -4.38. The first kappa shape index (κ1) is 20.5. The zero-order valence-electron chi connectivity index (χ0n) is 18.3. The highest BCUT2D eigenvalue weighted by molar-refractivity contribution is 6.06.